The third kappa shape index (κ3) is 2.67. The molecule has 2 rings (SSSR count). The molecular weight excluding hydrogens is 242 g/mol. The van der Waals surface area contributed by atoms with E-state index in [-0.39, 0.29) is 5.91 Å². The van der Waals surface area contributed by atoms with Gasteiger partial charge in [0.05, 0.1) is 11.4 Å². The minimum atomic E-state index is 0.144. The average Bonchev–Trinajstić information content (AvgIpc) is 2.66. The Morgan fingerprint density at radius 2 is 1.95 bits per heavy atom. The summed E-state index contributed by atoms with van der Waals surface area (Å²) < 4.78 is 1.99. The van der Waals surface area contributed by atoms with Gasteiger partial charge in [-0.3, -0.25) is 4.79 Å². The Bertz CT molecular complexity index is 460. The summed E-state index contributed by atoms with van der Waals surface area (Å²) in [6.45, 7) is 9.71. The maximum absolute atomic E-state index is 11.3. The highest BCUT2D eigenvalue weighted by Crippen LogP contribution is 2.27. The lowest BCUT2D eigenvalue weighted by Crippen LogP contribution is -2.48. The molecule has 1 saturated heterocycles. The van der Waals surface area contributed by atoms with Crippen molar-refractivity contribution in [1.82, 2.24) is 14.7 Å². The Hall–Kier alpha value is -1.72. The molecule has 0 unspecified atom stereocenters. The van der Waals surface area contributed by atoms with Crippen molar-refractivity contribution >= 4 is 17.4 Å². The van der Waals surface area contributed by atoms with Gasteiger partial charge in [0.2, 0.25) is 5.91 Å². The van der Waals surface area contributed by atoms with Crippen molar-refractivity contribution in [3.8, 4) is 0 Å². The summed E-state index contributed by atoms with van der Waals surface area (Å²) in [5.74, 6) is 1.16. The topological polar surface area (TPSA) is 67.4 Å². The number of hydrogen-bond acceptors (Lipinski definition) is 4. The maximum Gasteiger partial charge on any atom is 0.219 e. The van der Waals surface area contributed by atoms with Gasteiger partial charge in [0, 0.05) is 39.6 Å². The molecule has 0 spiro atoms. The van der Waals surface area contributed by atoms with E-state index in [4.69, 9.17) is 5.73 Å². The van der Waals surface area contributed by atoms with Gasteiger partial charge in [-0.25, -0.2) is 4.68 Å². The fourth-order valence-electron chi connectivity index (χ4n) is 2.52. The molecule has 2 N–H and O–H groups in total. The molecule has 0 saturated carbocycles. The number of hydrogen-bond donors (Lipinski definition) is 1. The van der Waals surface area contributed by atoms with Crippen molar-refractivity contribution in [3.63, 3.8) is 0 Å². The van der Waals surface area contributed by atoms with Gasteiger partial charge in [-0.1, -0.05) is 6.92 Å². The lowest BCUT2D eigenvalue weighted by molar-refractivity contribution is -0.129. The van der Waals surface area contributed by atoms with Gasteiger partial charge in [0.1, 0.15) is 0 Å². The molecule has 0 atom stereocenters. The number of aromatic nitrogens is 2. The Labute approximate surface area is 114 Å². The van der Waals surface area contributed by atoms with E-state index in [1.165, 1.54) is 0 Å². The van der Waals surface area contributed by atoms with Crippen LogP contribution in [0.2, 0.25) is 0 Å². The number of anilines is 2. The summed E-state index contributed by atoms with van der Waals surface area (Å²) >= 11 is 0. The first kappa shape index (κ1) is 13.7. The number of amides is 1. The highest BCUT2D eigenvalue weighted by molar-refractivity contribution is 5.74. The number of carbonyl (C=O) groups is 1. The first-order valence-corrected chi connectivity index (χ1v) is 6.88. The lowest BCUT2D eigenvalue weighted by Gasteiger charge is -2.35. The van der Waals surface area contributed by atoms with E-state index in [9.17, 15) is 4.79 Å². The molecule has 0 bridgehead atoms. The van der Waals surface area contributed by atoms with Crippen LogP contribution >= 0.6 is 0 Å². The highest BCUT2D eigenvalue weighted by Gasteiger charge is 2.24. The monoisotopic (exact) mass is 265 g/mol. The third-order valence-electron chi connectivity index (χ3n) is 3.61. The van der Waals surface area contributed by atoms with Crippen molar-refractivity contribution in [3.05, 3.63) is 5.69 Å². The molecule has 1 aromatic rings. The van der Waals surface area contributed by atoms with E-state index in [1.807, 2.05) is 16.5 Å². The van der Waals surface area contributed by atoms with Crippen LogP contribution in [0.25, 0.3) is 0 Å². The van der Waals surface area contributed by atoms with Crippen LogP contribution in [0.4, 0.5) is 11.5 Å². The number of carbonyl (C=O) groups excluding carboxylic acids is 1. The molecule has 106 valence electrons. The van der Waals surface area contributed by atoms with E-state index in [2.05, 4.69) is 16.9 Å². The fraction of sp³-hybridized carbons (Fsp3) is 0.692. The summed E-state index contributed by atoms with van der Waals surface area (Å²) in [4.78, 5) is 15.5. The number of piperazine rings is 1. The smallest absolute Gasteiger partial charge is 0.219 e. The highest BCUT2D eigenvalue weighted by atomic mass is 16.2. The molecule has 0 radical (unpaired) electrons. The number of nitrogen functional groups attached to an aromatic ring is 1. The molecule has 2 heterocycles. The molecule has 1 amide bonds. The van der Waals surface area contributed by atoms with Crippen LogP contribution in [0.5, 0.6) is 0 Å². The Morgan fingerprint density at radius 3 is 2.47 bits per heavy atom. The predicted molar refractivity (Wildman–Crippen MR) is 76.1 cm³/mol. The van der Waals surface area contributed by atoms with E-state index in [0.717, 1.165) is 56.3 Å². The van der Waals surface area contributed by atoms with Crippen molar-refractivity contribution in [2.24, 2.45) is 0 Å². The van der Waals surface area contributed by atoms with Crippen molar-refractivity contribution in [1.29, 1.82) is 0 Å². The van der Waals surface area contributed by atoms with Gasteiger partial charge in [-0.15, -0.1) is 0 Å². The summed E-state index contributed by atoms with van der Waals surface area (Å²) in [5, 5.41) is 4.50. The zero-order chi connectivity index (χ0) is 14.0. The second-order valence-corrected chi connectivity index (χ2v) is 5.04. The van der Waals surface area contributed by atoms with Crippen LogP contribution < -0.4 is 10.6 Å². The van der Waals surface area contributed by atoms with Gasteiger partial charge in [-0.05, 0) is 13.3 Å². The SMILES string of the molecule is CCCn1nc(C)c(N)c1N1CCN(C(C)=O)CC1. The van der Waals surface area contributed by atoms with Crippen LogP contribution in [0.3, 0.4) is 0 Å². The maximum atomic E-state index is 11.3. The van der Waals surface area contributed by atoms with Gasteiger partial charge in [0.25, 0.3) is 0 Å². The van der Waals surface area contributed by atoms with Gasteiger partial charge >= 0.3 is 0 Å². The largest absolute Gasteiger partial charge is 0.394 e. The Balaban J connectivity index is 2.16. The van der Waals surface area contributed by atoms with Crippen molar-refractivity contribution in [2.45, 2.75) is 33.7 Å². The zero-order valence-corrected chi connectivity index (χ0v) is 12.0. The third-order valence-corrected chi connectivity index (χ3v) is 3.61. The molecular formula is C13H23N5O. The van der Waals surface area contributed by atoms with Crippen LogP contribution in [0.15, 0.2) is 0 Å². The van der Waals surface area contributed by atoms with Crippen LogP contribution in [-0.4, -0.2) is 46.8 Å². The van der Waals surface area contributed by atoms with E-state index in [1.54, 1.807) is 6.92 Å². The lowest BCUT2D eigenvalue weighted by atomic mass is 10.3. The summed E-state index contributed by atoms with van der Waals surface area (Å²) in [6.07, 6.45) is 1.03. The average molecular weight is 265 g/mol. The normalized spacial score (nSPS) is 15.9. The molecule has 6 heteroatoms. The summed E-state index contributed by atoms with van der Waals surface area (Å²) in [6, 6.07) is 0. The van der Waals surface area contributed by atoms with Crippen LogP contribution in [-0.2, 0) is 11.3 Å². The van der Waals surface area contributed by atoms with Crippen molar-refractivity contribution < 1.29 is 4.79 Å². The number of nitrogens with zero attached hydrogens (tertiary/aromatic N) is 4. The molecule has 1 aliphatic rings. The predicted octanol–water partition coefficient (Wildman–Crippen LogP) is 0.852. The second kappa shape index (κ2) is 5.50. The molecule has 6 nitrogen and oxygen atoms in total. The standard InChI is InChI=1S/C13H23N5O/c1-4-5-18-13(12(14)10(2)15-18)17-8-6-16(7-9-17)11(3)19/h4-9,14H2,1-3H3. The summed E-state index contributed by atoms with van der Waals surface area (Å²) in [7, 11) is 0. The molecule has 1 fully saturated rings. The Morgan fingerprint density at radius 1 is 1.32 bits per heavy atom. The summed E-state index contributed by atoms with van der Waals surface area (Å²) in [5.41, 5.74) is 7.81. The van der Waals surface area contributed by atoms with Gasteiger partial charge < -0.3 is 15.5 Å². The van der Waals surface area contributed by atoms with Crippen LogP contribution in [0, 0.1) is 6.92 Å². The molecule has 0 aliphatic carbocycles. The van der Waals surface area contributed by atoms with Crippen molar-refractivity contribution in [2.75, 3.05) is 36.8 Å². The van der Waals surface area contributed by atoms with Crippen LogP contribution in [0.1, 0.15) is 26.0 Å². The molecule has 0 aromatic carbocycles. The fourth-order valence-corrected chi connectivity index (χ4v) is 2.52. The van der Waals surface area contributed by atoms with Gasteiger partial charge in [0.15, 0.2) is 5.82 Å². The molecule has 19 heavy (non-hydrogen) atoms. The van der Waals surface area contributed by atoms with Gasteiger partial charge in [-0.2, -0.15) is 5.10 Å². The quantitative estimate of drug-likeness (QED) is 0.880. The molecule has 1 aromatic heterocycles. The first-order valence-electron chi connectivity index (χ1n) is 6.88. The number of aryl methyl sites for hydroxylation is 2. The first-order chi connectivity index (χ1) is 9.04. The molecule has 1 aliphatic heterocycles. The minimum Gasteiger partial charge on any atom is -0.394 e. The second-order valence-electron chi connectivity index (χ2n) is 5.04. The zero-order valence-electron chi connectivity index (χ0n) is 12.0. The number of nitrogens with two attached hydrogens (primary N) is 1. The van der Waals surface area contributed by atoms with E-state index in [0.29, 0.717) is 0 Å². The van der Waals surface area contributed by atoms with E-state index < -0.39 is 0 Å². The minimum absolute atomic E-state index is 0.144. The number of rotatable bonds is 3. The Kier molecular flexibility index (Phi) is 3.97. The van der Waals surface area contributed by atoms with E-state index >= 15 is 0 Å².